The van der Waals surface area contributed by atoms with E-state index < -0.39 is 21.4 Å². The zero-order chi connectivity index (χ0) is 8.10. The molecule has 0 aliphatic carbocycles. The Balaban J connectivity index is 2.39. The number of rotatable bonds is 2. The van der Waals surface area contributed by atoms with E-state index in [1.807, 2.05) is 6.92 Å². The standard InChI is InChI=1S/C5H8.C3H5O2.In/c1-3-5-4-2;1-2-5-3-4;/h1,3H,2,4-5H2;2H2,1H3;. The van der Waals surface area contributed by atoms with Gasteiger partial charge in [0.25, 0.3) is 0 Å². The molecule has 0 spiro atoms. The van der Waals surface area contributed by atoms with Gasteiger partial charge in [0.05, 0.1) is 0 Å². The molecule has 0 unspecified atom stereocenters. The first-order valence-electron chi connectivity index (χ1n) is 4.18. The molecule has 1 heterocycles. The van der Waals surface area contributed by atoms with E-state index in [0.717, 1.165) is 10.6 Å². The molecule has 11 heavy (non-hydrogen) atoms. The van der Waals surface area contributed by atoms with Crippen molar-refractivity contribution >= 4 is 25.2 Å². The van der Waals surface area contributed by atoms with Crippen molar-refractivity contribution in [2.24, 2.45) is 0 Å². The van der Waals surface area contributed by atoms with Crippen LogP contribution in [0.15, 0.2) is 9.91 Å². The van der Waals surface area contributed by atoms with Gasteiger partial charge in [-0.25, -0.2) is 0 Å². The van der Waals surface area contributed by atoms with Gasteiger partial charge in [0.1, 0.15) is 0 Å². The van der Waals surface area contributed by atoms with Crippen LogP contribution in [0.2, 0.25) is 4.18 Å². The minimum atomic E-state index is -1.95. The molecule has 1 rings (SSSR count). The topological polar surface area (TPSA) is 26.3 Å². The van der Waals surface area contributed by atoms with Crippen LogP contribution >= 0.6 is 0 Å². The Morgan fingerprint density at radius 3 is 3.09 bits per heavy atom. The van der Waals surface area contributed by atoms with E-state index >= 15 is 0 Å². The van der Waals surface area contributed by atoms with Gasteiger partial charge in [-0.15, -0.1) is 0 Å². The van der Waals surface area contributed by atoms with Crippen molar-refractivity contribution in [3.63, 3.8) is 0 Å². The number of carbonyl (C=O) groups excluding carboxylic acids is 1. The molecule has 1 aliphatic heterocycles. The van der Waals surface area contributed by atoms with Gasteiger partial charge in [0.15, 0.2) is 0 Å². The molecule has 3 heteroatoms. The zero-order valence-electron chi connectivity index (χ0n) is 6.88. The molecule has 0 fully saturated rings. The van der Waals surface area contributed by atoms with Crippen LogP contribution in [0.5, 0.6) is 0 Å². The fourth-order valence-corrected chi connectivity index (χ4v) is 7.43. The summed E-state index contributed by atoms with van der Waals surface area (Å²) in [6.07, 6.45) is 4.52. The summed E-state index contributed by atoms with van der Waals surface area (Å²) >= 11 is -1.95. The van der Waals surface area contributed by atoms with Gasteiger partial charge in [-0.05, 0) is 0 Å². The van der Waals surface area contributed by atoms with E-state index in [2.05, 4.69) is 9.91 Å². The first-order chi connectivity index (χ1) is 5.34. The molecule has 60 valence electrons. The molecule has 0 radical (unpaired) electrons. The van der Waals surface area contributed by atoms with Crippen molar-refractivity contribution in [1.82, 2.24) is 0 Å². The van der Waals surface area contributed by atoms with Gasteiger partial charge in [0.2, 0.25) is 0 Å². The molecule has 1 aliphatic rings. The Morgan fingerprint density at radius 2 is 2.55 bits per heavy atom. The third kappa shape index (κ3) is 2.89. The van der Waals surface area contributed by atoms with Gasteiger partial charge < -0.3 is 0 Å². The van der Waals surface area contributed by atoms with Crippen LogP contribution in [0.1, 0.15) is 19.8 Å². The molecule has 2 nitrogen and oxygen atoms in total. The normalized spacial score (nSPS) is 16.6. The fourth-order valence-electron chi connectivity index (χ4n) is 1.26. The number of carbonyl (C=O) groups is 1. The Hall–Kier alpha value is 0.0801. The molecule has 0 aromatic rings. The molecule has 0 N–H and O–H groups in total. The number of ether oxygens (including phenoxy) is 1. The van der Waals surface area contributed by atoms with Crippen LogP contribution in [-0.2, 0) is 4.74 Å². The summed E-state index contributed by atoms with van der Waals surface area (Å²) in [7, 11) is 0. The van der Waals surface area contributed by atoms with Crippen molar-refractivity contribution in [3.8, 4) is 0 Å². The van der Waals surface area contributed by atoms with Crippen LogP contribution in [0.25, 0.3) is 0 Å². The van der Waals surface area contributed by atoms with Gasteiger partial charge in [-0.3, -0.25) is 0 Å². The van der Waals surface area contributed by atoms with E-state index in [1.165, 1.54) is 6.42 Å². The van der Waals surface area contributed by atoms with Crippen molar-refractivity contribution < 1.29 is 9.53 Å². The predicted octanol–water partition coefficient (Wildman–Crippen LogP) is 2.11. The quantitative estimate of drug-likeness (QED) is 0.756. The van der Waals surface area contributed by atoms with Crippen LogP contribution in [0, 0.1) is 0 Å². The summed E-state index contributed by atoms with van der Waals surface area (Å²) in [6, 6.07) is 0. The van der Waals surface area contributed by atoms with Crippen molar-refractivity contribution in [2.45, 2.75) is 23.9 Å². The van der Waals surface area contributed by atoms with Crippen LogP contribution < -0.4 is 0 Å². The van der Waals surface area contributed by atoms with Crippen LogP contribution in [0.3, 0.4) is 0 Å². The third-order valence-electron chi connectivity index (χ3n) is 1.84. The summed E-state index contributed by atoms with van der Waals surface area (Å²) in [5.41, 5.74) is 0. The number of hydrogen-bond donors (Lipinski definition) is 0. The maximum absolute atomic E-state index is 11.2. The summed E-state index contributed by atoms with van der Waals surface area (Å²) in [6.45, 7) is 2.41. The first-order valence-corrected chi connectivity index (χ1v) is 10.1. The average Bonchev–Trinajstić information content (AvgIpc) is 2.07. The van der Waals surface area contributed by atoms with Gasteiger partial charge in [-0.1, -0.05) is 0 Å². The maximum atomic E-state index is 11.2. The zero-order valence-corrected chi connectivity index (χ0v) is 10.2. The molecule has 0 atom stereocenters. The molecule has 0 saturated carbocycles. The SMILES string of the molecule is CCO[C](=O)[In]1[CH]=CCC[CH2]1. The Morgan fingerprint density at radius 1 is 1.73 bits per heavy atom. The summed E-state index contributed by atoms with van der Waals surface area (Å²) < 4.78 is 8.46. The van der Waals surface area contributed by atoms with E-state index in [0.29, 0.717) is 6.61 Å². The molecule has 0 saturated heterocycles. The van der Waals surface area contributed by atoms with E-state index in [9.17, 15) is 4.79 Å². The Kier molecular flexibility index (Phi) is 4.05. The van der Waals surface area contributed by atoms with Crippen molar-refractivity contribution in [2.75, 3.05) is 6.61 Å². The predicted molar refractivity (Wildman–Crippen MR) is 46.0 cm³/mol. The second-order valence-electron chi connectivity index (χ2n) is 2.72. The molecule has 0 aromatic carbocycles. The number of allylic oxidation sites excluding steroid dienone is 1. The molecule has 0 aromatic heterocycles. The van der Waals surface area contributed by atoms with Gasteiger partial charge in [0, 0.05) is 0 Å². The van der Waals surface area contributed by atoms with Crippen LogP contribution in [0.4, 0.5) is 4.79 Å². The average molecular weight is 256 g/mol. The van der Waals surface area contributed by atoms with Gasteiger partial charge >= 0.3 is 75.2 Å². The summed E-state index contributed by atoms with van der Waals surface area (Å²) in [4.78, 5) is 11.2. The van der Waals surface area contributed by atoms with Gasteiger partial charge in [-0.2, -0.15) is 0 Å². The minimum absolute atomic E-state index is 0.144. The second kappa shape index (κ2) is 4.86. The third-order valence-corrected chi connectivity index (χ3v) is 9.09. The molecular formula is C8H13InO2. The molecular weight excluding hydrogens is 243 g/mol. The van der Waals surface area contributed by atoms with Crippen LogP contribution in [-0.4, -0.2) is 31.8 Å². The van der Waals surface area contributed by atoms with E-state index in [4.69, 9.17) is 4.74 Å². The monoisotopic (exact) mass is 256 g/mol. The van der Waals surface area contributed by atoms with Crippen molar-refractivity contribution in [3.05, 3.63) is 9.91 Å². The molecule has 0 amide bonds. The Labute approximate surface area is 75.1 Å². The second-order valence-corrected chi connectivity index (χ2v) is 10.3. The summed E-state index contributed by atoms with van der Waals surface area (Å²) in [5, 5.41) is 0. The number of hydrogen-bond acceptors (Lipinski definition) is 2. The van der Waals surface area contributed by atoms with Crippen molar-refractivity contribution in [1.29, 1.82) is 0 Å². The fraction of sp³-hybridized carbons (Fsp3) is 0.625. The van der Waals surface area contributed by atoms with E-state index in [1.54, 1.807) is 0 Å². The Bertz CT molecular complexity index is 165. The van der Waals surface area contributed by atoms with E-state index in [-0.39, 0.29) is 3.73 Å². The molecule has 0 bridgehead atoms. The first kappa shape index (κ1) is 9.17. The summed E-state index contributed by atoms with van der Waals surface area (Å²) in [5.74, 6) is 0.